The molecule has 2 heterocycles. The Balaban J connectivity index is -0.0000000174. The number of allylic oxidation sites excluding steroid dienone is 4. The van der Waals surface area contributed by atoms with Crippen LogP contribution in [0.3, 0.4) is 0 Å². The monoisotopic (exact) mass is 1140 g/mol. The molecule has 0 bridgehead atoms. The number of phenolic OH excluding ortho intramolecular Hbond substituents is 2. The Morgan fingerprint density at radius 3 is 1.08 bits per heavy atom. The number of aliphatic hydroxyl groups excluding tert-OH is 1. The van der Waals surface area contributed by atoms with Gasteiger partial charge in [-0.05, 0) is 87.1 Å². The number of phenols is 2. The van der Waals surface area contributed by atoms with Gasteiger partial charge in [0.05, 0.1) is 6.10 Å². The zero-order valence-corrected chi connectivity index (χ0v) is 48.0. The van der Waals surface area contributed by atoms with E-state index >= 15 is 0 Å². The molecule has 0 amide bonds. The molecule has 1 aromatic carbocycles. The third-order valence-corrected chi connectivity index (χ3v) is 4.84. The fourth-order valence-electron chi connectivity index (χ4n) is 2.84. The quantitative estimate of drug-likeness (QED) is 0.0577. The summed E-state index contributed by atoms with van der Waals surface area (Å²) in [7, 11) is -3.67. The number of Topliss-reactive ketones (excluding diaryl/α,β-unsaturated/α-hetero) is 1. The number of carbonyl (C=O) groups is 3. The van der Waals surface area contributed by atoms with Crippen LogP contribution in [0.4, 0.5) is 12.9 Å². The molecule has 2 aliphatic carbocycles. The van der Waals surface area contributed by atoms with E-state index < -0.39 is 7.54 Å². The molecule has 0 atom stereocenters. The summed E-state index contributed by atoms with van der Waals surface area (Å²) >= 11 is 0. The van der Waals surface area contributed by atoms with Gasteiger partial charge in [-0.2, -0.15) is 1.37 Å². The van der Waals surface area contributed by atoms with Gasteiger partial charge in [0.1, 0.15) is 17.3 Å². The maximum Gasteiger partial charge on any atom is 2.00 e. The third-order valence-electron chi connectivity index (χ3n) is 4.84. The third kappa shape index (κ3) is 85.2. The summed E-state index contributed by atoms with van der Waals surface area (Å²) in [6.45, 7) is 4.75. The fourth-order valence-corrected chi connectivity index (χ4v) is 2.84. The summed E-state index contributed by atoms with van der Waals surface area (Å²) in [5.74, 6) is 0.398. The average molecular weight is 1140 g/mol. The first kappa shape index (κ1) is 97.4. The van der Waals surface area contributed by atoms with Crippen LogP contribution in [0.1, 0.15) is 73.3 Å². The molecule has 5 rings (SSSR count). The van der Waals surface area contributed by atoms with E-state index in [0.717, 1.165) is 33.2 Å². The molecule has 9 nitrogen and oxygen atoms in total. The molecule has 4 aliphatic rings. The molecule has 3 N–H and O–H groups in total. The Bertz CT molecular complexity index is 856. The molecule has 1 aromatic rings. The van der Waals surface area contributed by atoms with Gasteiger partial charge in [-0.25, -0.2) is 0 Å². The van der Waals surface area contributed by atoms with E-state index in [-0.39, 0.29) is 341 Å². The standard InChI is InChI=1S/C6H10O2.C6H6O2.C6H4O2.2C4H8O.CHO.2CH4.3CH3.BF3.FH.4K.3Rh.2H2.2H/c3*7-5-1-2-6(8)4-3-5;2*1-2-4-5-3-1;1-2;;;;;;2-1(3)4;;;;;;;;;;;;/h5,7H,1-4H2;1-4,7-8H;1-4H;2*1-4H2;1H;2*1H4;3*1H3;;1H;;;;;;;;2*1H;;/q;;;;;-1;;;3*-1;;;4*+1;;;+2;;;2*-1/p-1/i;;;;;1D;;;;;;;;;;;;;;;;;;. The fraction of sp³-hybridized carbons (Fsp3) is 0.469. The summed E-state index contributed by atoms with van der Waals surface area (Å²) in [5.41, 5.74) is 0. The molecule has 21 heteroatoms. The van der Waals surface area contributed by atoms with Crippen molar-refractivity contribution in [3.8, 4) is 11.5 Å². The van der Waals surface area contributed by atoms with Crippen LogP contribution in [0, 0.1) is 22.3 Å². The van der Waals surface area contributed by atoms with E-state index in [0.29, 0.717) is 31.5 Å². The molecular weight excluding hydrogens is 1080 g/mol. The summed E-state index contributed by atoms with van der Waals surface area (Å²) in [5, 5.41) is 26.2. The number of benzene rings is 1. The van der Waals surface area contributed by atoms with Crippen molar-refractivity contribution in [3.05, 3.63) is 70.8 Å². The van der Waals surface area contributed by atoms with E-state index in [1.807, 2.05) is 0 Å². The van der Waals surface area contributed by atoms with Gasteiger partial charge in [-0.1, -0.05) is 14.9 Å². The van der Waals surface area contributed by atoms with Crippen LogP contribution in [0.2, 0.25) is 0 Å². The van der Waals surface area contributed by atoms with Crippen molar-refractivity contribution in [2.75, 3.05) is 26.4 Å². The second-order valence-corrected chi connectivity index (χ2v) is 8.14. The second kappa shape index (κ2) is 77.6. The Morgan fingerprint density at radius 2 is 0.925 bits per heavy atom. The van der Waals surface area contributed by atoms with Gasteiger partial charge < -0.3 is 59.4 Å². The predicted octanol–water partition coefficient (Wildman–Crippen LogP) is -7.61. The minimum atomic E-state index is -3.67. The van der Waals surface area contributed by atoms with Crippen LogP contribution in [0.25, 0.3) is 0 Å². The summed E-state index contributed by atoms with van der Waals surface area (Å²) in [4.78, 5) is 39.4. The number of halogens is 4. The van der Waals surface area contributed by atoms with Crippen molar-refractivity contribution < 1.29 is 333 Å². The molecule has 2 aliphatic heterocycles. The van der Waals surface area contributed by atoms with Crippen molar-refractivity contribution in [2.45, 2.75) is 72.3 Å². The van der Waals surface area contributed by atoms with Crippen molar-refractivity contribution in [1.29, 1.82) is 0 Å². The first-order chi connectivity index (χ1) is 19.5. The van der Waals surface area contributed by atoms with Crippen LogP contribution in [-0.4, -0.2) is 79.5 Å². The van der Waals surface area contributed by atoms with E-state index in [1.165, 1.54) is 74.3 Å². The Kier molecular flexibility index (Phi) is 143. The van der Waals surface area contributed by atoms with Crippen LogP contribution in [0.15, 0.2) is 48.6 Å². The van der Waals surface area contributed by atoms with Crippen molar-refractivity contribution >= 4 is 31.7 Å². The second-order valence-electron chi connectivity index (χ2n) is 8.14. The Hall–Kier alpha value is 5.06. The van der Waals surface area contributed by atoms with E-state index in [1.54, 1.807) is 0 Å². The van der Waals surface area contributed by atoms with Gasteiger partial charge in [0.2, 0.25) is 0 Å². The smallest absolute Gasteiger partial charge is 1.00 e. The number of rotatable bonds is 0. The van der Waals surface area contributed by atoms with Gasteiger partial charge in [-0.3, -0.25) is 34.1 Å². The van der Waals surface area contributed by atoms with Gasteiger partial charge >= 0.3 is 233 Å². The van der Waals surface area contributed by atoms with Gasteiger partial charge in [0, 0.05) is 81.1 Å². The predicted molar refractivity (Wildman–Crippen MR) is 183 cm³/mol. The molecule has 305 valence electrons. The first-order valence-corrected chi connectivity index (χ1v) is 12.5. The van der Waals surface area contributed by atoms with Crippen molar-refractivity contribution in [3.63, 3.8) is 0 Å². The maximum absolute atomic E-state index is 10.5. The molecule has 2 saturated heterocycles. The Morgan fingerprint density at radius 1 is 0.717 bits per heavy atom. The Labute approximate surface area is 534 Å². The molecule has 1 saturated carbocycles. The minimum absolute atomic E-state index is 0. The number of hydrogen-bond donors (Lipinski definition) is 3. The molecule has 53 heavy (non-hydrogen) atoms. The van der Waals surface area contributed by atoms with Gasteiger partial charge in [0.15, 0.2) is 11.6 Å². The SMILES string of the molecule is C.C.C1CCOC1.C1CCOC1.FB(F)F.O=C1C=CC(=O)C=C1.O=C1CCC(O)CC1.Oc1ccc(O)cc1.[2H][C-]=O.[CH3-].[CH3-].[CH3-].[F-].[H-].[H-].[HH].[HH].[K+].[K+].[K+].[K+].[Rh+2].[Rh].[Rh]. The summed E-state index contributed by atoms with van der Waals surface area (Å²) in [6.07, 6.45) is 12.4. The maximum atomic E-state index is 10.5. The molecule has 0 aromatic heterocycles. The molecule has 3 radical (unpaired) electrons. The molecular formula is C32H60BF4K4O9Rh3-. The van der Waals surface area contributed by atoms with Crippen LogP contribution in [-0.2, 0) is 87.1 Å². The van der Waals surface area contributed by atoms with E-state index in [4.69, 9.17) is 31.0 Å². The first-order valence-electron chi connectivity index (χ1n) is 13.0. The van der Waals surface area contributed by atoms with Crippen LogP contribution in [0.5, 0.6) is 11.5 Å². The summed E-state index contributed by atoms with van der Waals surface area (Å²) < 4.78 is 44.3. The zero-order valence-electron chi connectivity index (χ0n) is 33.6. The van der Waals surface area contributed by atoms with Crippen LogP contribution >= 0.6 is 0 Å². The minimum Gasteiger partial charge on any atom is -1.00 e. The van der Waals surface area contributed by atoms with E-state index in [9.17, 15) is 27.3 Å². The largest absolute Gasteiger partial charge is 2.00 e. The summed E-state index contributed by atoms with van der Waals surface area (Å²) in [6, 6.07) is 5.70. The van der Waals surface area contributed by atoms with Crippen LogP contribution < -0.4 is 210 Å². The number of ketones is 3. The van der Waals surface area contributed by atoms with Crippen molar-refractivity contribution in [1.82, 2.24) is 0 Å². The van der Waals surface area contributed by atoms with Crippen molar-refractivity contribution in [2.24, 2.45) is 0 Å². The van der Waals surface area contributed by atoms with Gasteiger partial charge in [0.25, 0.3) is 0 Å². The molecule has 0 spiro atoms. The number of ether oxygens (including phenoxy) is 2. The number of aliphatic hydroxyl groups is 1. The number of aromatic hydroxyl groups is 2. The normalized spacial score (nSPS) is 12.9. The molecule has 0 unspecified atom stereocenters. The number of carbonyl (C=O) groups excluding carboxylic acids is 4. The van der Waals surface area contributed by atoms with E-state index in [2.05, 4.69) is 0 Å². The average Bonchev–Trinajstić information content (AvgIpc) is 3.70. The van der Waals surface area contributed by atoms with Gasteiger partial charge in [-0.15, -0.1) is 0 Å². The molecule has 3 fully saturated rings. The zero-order chi connectivity index (χ0) is 31.3. The topological polar surface area (TPSA) is 147 Å². The number of hydrogen-bond acceptors (Lipinski definition) is 9.